The molecule has 4 aromatic rings. The highest BCUT2D eigenvalue weighted by Gasteiger charge is 2.26. The highest BCUT2D eigenvalue weighted by molar-refractivity contribution is 5.70. The van der Waals surface area contributed by atoms with Crippen molar-refractivity contribution in [1.29, 1.82) is 0 Å². The summed E-state index contributed by atoms with van der Waals surface area (Å²) in [6.45, 7) is 9.16. The number of carbonyl (C=O) groups is 1. The zero-order chi connectivity index (χ0) is 29.3. The Kier molecular flexibility index (Phi) is 7.84. The summed E-state index contributed by atoms with van der Waals surface area (Å²) in [5, 5.41) is 0. The van der Waals surface area contributed by atoms with Gasteiger partial charge in [0.25, 0.3) is 0 Å². The lowest BCUT2D eigenvalue weighted by Gasteiger charge is -2.36. The molecular weight excluding hydrogens is 528 g/mol. The van der Waals surface area contributed by atoms with E-state index in [0.29, 0.717) is 38.2 Å². The van der Waals surface area contributed by atoms with Crippen molar-refractivity contribution in [3.63, 3.8) is 0 Å². The molecule has 0 atom stereocenters. The number of hydrogen-bond acceptors (Lipinski definition) is 6. The van der Waals surface area contributed by atoms with E-state index in [0.717, 1.165) is 39.5 Å². The third kappa shape index (κ3) is 6.42. The summed E-state index contributed by atoms with van der Waals surface area (Å²) in [6.07, 6.45) is 4.00. The molecule has 0 radical (unpaired) electrons. The Morgan fingerprint density at radius 2 is 1.78 bits per heavy atom. The number of ether oxygens (including phenoxy) is 2. The van der Waals surface area contributed by atoms with Crippen LogP contribution in [-0.4, -0.2) is 63.8 Å². The van der Waals surface area contributed by atoms with Crippen LogP contribution in [0.1, 0.15) is 43.3 Å². The molecular formula is C31H35F2N5O3. The first-order chi connectivity index (χ1) is 19.5. The number of nitrogens with zero attached hydrogens (tertiary/aromatic N) is 5. The van der Waals surface area contributed by atoms with Crippen LogP contribution >= 0.6 is 0 Å². The Morgan fingerprint density at radius 1 is 1.05 bits per heavy atom. The SMILES string of the molecule is Cc1cc2nc(C)c(Cc3ccccc3OC(F)F)n2cc1-c1ccc(N2CCN(C(=O)OC(C)(C)C)CC2)nc1. The van der Waals surface area contributed by atoms with Gasteiger partial charge in [-0.15, -0.1) is 0 Å². The molecule has 0 spiro atoms. The van der Waals surface area contributed by atoms with Gasteiger partial charge in [0.15, 0.2) is 0 Å². The van der Waals surface area contributed by atoms with Gasteiger partial charge in [0, 0.05) is 67.4 Å². The third-order valence-electron chi connectivity index (χ3n) is 7.13. The van der Waals surface area contributed by atoms with Gasteiger partial charge < -0.3 is 23.7 Å². The van der Waals surface area contributed by atoms with E-state index in [1.807, 2.05) is 75.7 Å². The summed E-state index contributed by atoms with van der Waals surface area (Å²) < 4.78 is 38.2. The number of benzene rings is 1. The first-order valence-corrected chi connectivity index (χ1v) is 13.7. The maximum absolute atomic E-state index is 13.0. The zero-order valence-electron chi connectivity index (χ0n) is 24.0. The van der Waals surface area contributed by atoms with Crippen molar-refractivity contribution in [2.45, 2.75) is 53.3 Å². The molecule has 1 aromatic carbocycles. The Balaban J connectivity index is 1.35. The van der Waals surface area contributed by atoms with Gasteiger partial charge in [-0.3, -0.25) is 0 Å². The average Bonchev–Trinajstić information content (AvgIpc) is 3.21. The molecule has 5 rings (SSSR count). The van der Waals surface area contributed by atoms with Crippen LogP contribution in [0.2, 0.25) is 0 Å². The Labute approximate surface area is 238 Å². The highest BCUT2D eigenvalue weighted by atomic mass is 19.3. The fraction of sp³-hybridized carbons (Fsp3) is 0.387. The van der Waals surface area contributed by atoms with Crippen LogP contribution in [0.4, 0.5) is 19.4 Å². The standard InChI is InChI=1S/C31H35F2N5O3/c1-20-16-28-35-21(2)25(17-22-8-6-7-9-26(22)40-29(32)33)38(28)19-24(20)23-10-11-27(34-18-23)36-12-14-37(15-13-36)30(39)41-31(3,4)5/h6-11,16,18-19,29H,12-15,17H2,1-5H3. The number of para-hydroxylation sites is 1. The summed E-state index contributed by atoms with van der Waals surface area (Å²) in [6, 6.07) is 12.9. The fourth-order valence-electron chi connectivity index (χ4n) is 5.08. The minimum absolute atomic E-state index is 0.163. The van der Waals surface area contributed by atoms with Gasteiger partial charge in [0.1, 0.15) is 22.8 Å². The zero-order valence-corrected chi connectivity index (χ0v) is 24.0. The minimum atomic E-state index is -2.89. The molecule has 0 saturated carbocycles. The first-order valence-electron chi connectivity index (χ1n) is 13.7. The number of hydrogen-bond donors (Lipinski definition) is 0. The molecule has 216 valence electrons. The number of carbonyl (C=O) groups excluding carboxylic acids is 1. The molecule has 3 aromatic heterocycles. The van der Waals surface area contributed by atoms with Gasteiger partial charge in [0.2, 0.25) is 0 Å². The number of rotatable bonds is 6. The molecule has 10 heteroatoms. The topological polar surface area (TPSA) is 72.2 Å². The Morgan fingerprint density at radius 3 is 2.44 bits per heavy atom. The van der Waals surface area contributed by atoms with Gasteiger partial charge in [-0.05, 0) is 64.4 Å². The van der Waals surface area contributed by atoms with Crippen LogP contribution in [0.3, 0.4) is 0 Å². The molecule has 0 aliphatic carbocycles. The smallest absolute Gasteiger partial charge is 0.410 e. The van der Waals surface area contributed by atoms with Crippen LogP contribution in [0.15, 0.2) is 54.9 Å². The van der Waals surface area contributed by atoms with Crippen molar-refractivity contribution in [1.82, 2.24) is 19.3 Å². The Hall–Kier alpha value is -4.21. The van der Waals surface area contributed by atoms with Crippen LogP contribution in [0.5, 0.6) is 5.75 Å². The van der Waals surface area contributed by atoms with Crippen molar-refractivity contribution < 1.29 is 23.0 Å². The molecule has 8 nitrogen and oxygen atoms in total. The lowest BCUT2D eigenvalue weighted by atomic mass is 10.0. The van der Waals surface area contributed by atoms with E-state index in [9.17, 15) is 13.6 Å². The summed E-state index contributed by atoms with van der Waals surface area (Å²) in [4.78, 5) is 25.8. The van der Waals surface area contributed by atoms with Gasteiger partial charge in [0.05, 0.1) is 5.69 Å². The monoisotopic (exact) mass is 563 g/mol. The minimum Gasteiger partial charge on any atom is -0.444 e. The second kappa shape index (κ2) is 11.3. The van der Waals surface area contributed by atoms with E-state index < -0.39 is 12.2 Å². The third-order valence-corrected chi connectivity index (χ3v) is 7.13. The molecule has 1 saturated heterocycles. The number of aryl methyl sites for hydroxylation is 2. The van der Waals surface area contributed by atoms with Crippen LogP contribution < -0.4 is 9.64 Å². The molecule has 0 unspecified atom stereocenters. The summed E-state index contributed by atoms with van der Waals surface area (Å²) >= 11 is 0. The number of imidazole rings is 1. The van der Waals surface area contributed by atoms with E-state index >= 15 is 0 Å². The van der Waals surface area contributed by atoms with E-state index in [1.165, 1.54) is 0 Å². The van der Waals surface area contributed by atoms with Gasteiger partial charge in [-0.25, -0.2) is 14.8 Å². The number of piperazine rings is 1. The quantitative estimate of drug-likeness (QED) is 0.276. The fourth-order valence-corrected chi connectivity index (χ4v) is 5.08. The number of halogens is 2. The van der Waals surface area contributed by atoms with Crippen LogP contribution in [0.25, 0.3) is 16.8 Å². The van der Waals surface area contributed by atoms with Crippen molar-refractivity contribution in [3.05, 3.63) is 77.4 Å². The predicted molar refractivity (Wildman–Crippen MR) is 154 cm³/mol. The van der Waals surface area contributed by atoms with E-state index in [1.54, 1.807) is 23.1 Å². The van der Waals surface area contributed by atoms with E-state index in [4.69, 9.17) is 19.4 Å². The summed E-state index contributed by atoms with van der Waals surface area (Å²) in [5.74, 6) is 1.02. The molecule has 0 bridgehead atoms. The van der Waals surface area contributed by atoms with Crippen molar-refractivity contribution >= 4 is 17.6 Å². The maximum atomic E-state index is 13.0. The van der Waals surface area contributed by atoms with Crippen LogP contribution in [0, 0.1) is 13.8 Å². The number of amides is 1. The maximum Gasteiger partial charge on any atom is 0.410 e. The lowest BCUT2D eigenvalue weighted by molar-refractivity contribution is -0.0504. The van der Waals surface area contributed by atoms with Crippen molar-refractivity contribution in [2.24, 2.45) is 0 Å². The number of alkyl halides is 2. The number of fused-ring (bicyclic) bond motifs is 1. The predicted octanol–water partition coefficient (Wildman–Crippen LogP) is 6.26. The molecule has 1 fully saturated rings. The largest absolute Gasteiger partial charge is 0.444 e. The van der Waals surface area contributed by atoms with Gasteiger partial charge in [-0.1, -0.05) is 18.2 Å². The molecule has 0 N–H and O–H groups in total. The van der Waals surface area contributed by atoms with Crippen LogP contribution in [-0.2, 0) is 11.2 Å². The number of aromatic nitrogens is 3. The van der Waals surface area contributed by atoms with Gasteiger partial charge >= 0.3 is 12.7 Å². The molecule has 41 heavy (non-hydrogen) atoms. The second-order valence-corrected chi connectivity index (χ2v) is 11.3. The van der Waals surface area contributed by atoms with E-state index in [-0.39, 0.29) is 11.8 Å². The lowest BCUT2D eigenvalue weighted by Crippen LogP contribution is -2.50. The highest BCUT2D eigenvalue weighted by Crippen LogP contribution is 2.30. The normalized spacial score (nSPS) is 14.1. The Bertz CT molecular complexity index is 1540. The first kappa shape index (κ1) is 28.3. The van der Waals surface area contributed by atoms with Gasteiger partial charge in [-0.2, -0.15) is 8.78 Å². The molecule has 1 amide bonds. The number of anilines is 1. The molecule has 4 heterocycles. The van der Waals surface area contributed by atoms with Crippen molar-refractivity contribution in [2.75, 3.05) is 31.1 Å². The van der Waals surface area contributed by atoms with E-state index in [2.05, 4.69) is 4.90 Å². The molecule has 1 aliphatic heterocycles. The second-order valence-electron chi connectivity index (χ2n) is 11.3. The average molecular weight is 564 g/mol. The summed E-state index contributed by atoms with van der Waals surface area (Å²) in [5.41, 5.74) is 5.68. The van der Waals surface area contributed by atoms with Crippen molar-refractivity contribution in [3.8, 4) is 16.9 Å². The summed E-state index contributed by atoms with van der Waals surface area (Å²) in [7, 11) is 0. The number of pyridine rings is 2. The molecule has 1 aliphatic rings.